The molecule has 17 heteroatoms. The van der Waals surface area contributed by atoms with Crippen molar-refractivity contribution in [2.75, 3.05) is 33.0 Å². The van der Waals surface area contributed by atoms with Gasteiger partial charge in [-0.1, -0.05) is 52.0 Å². The molecule has 316 valence electrons. The summed E-state index contributed by atoms with van der Waals surface area (Å²) in [5, 5.41) is 5.64. The summed E-state index contributed by atoms with van der Waals surface area (Å²) >= 11 is 0. The van der Waals surface area contributed by atoms with E-state index >= 15 is 0 Å². The summed E-state index contributed by atoms with van der Waals surface area (Å²) in [6.45, 7) is 8.55. The summed E-state index contributed by atoms with van der Waals surface area (Å²) in [5.74, 6) is 0.810. The number of fused-ring (bicyclic) bond motifs is 1. The van der Waals surface area contributed by atoms with Crippen LogP contribution in [0.4, 0.5) is 15.3 Å². The van der Waals surface area contributed by atoms with Crippen molar-refractivity contribution in [2.24, 2.45) is 11.8 Å². The monoisotopic (exact) mass is 821 g/mol. The maximum absolute atomic E-state index is 13.7. The number of nitrogens with zero attached hydrogens (tertiary/aromatic N) is 4. The van der Waals surface area contributed by atoms with Crippen molar-refractivity contribution >= 4 is 40.7 Å². The zero-order chi connectivity index (χ0) is 42.8. The highest BCUT2D eigenvalue weighted by Crippen LogP contribution is 2.36. The molecule has 0 saturated carbocycles. The Morgan fingerprint density at radius 1 is 0.750 bits per heavy atom. The molecule has 2 aromatic carbocycles. The molecule has 7 rings (SSSR count). The third-order valence-electron chi connectivity index (χ3n) is 11.4. The number of amides is 4. The van der Waals surface area contributed by atoms with E-state index in [1.165, 1.54) is 14.2 Å². The fourth-order valence-corrected chi connectivity index (χ4v) is 8.08. The van der Waals surface area contributed by atoms with Crippen LogP contribution >= 0.6 is 0 Å². The maximum Gasteiger partial charge on any atom is 0.407 e. The Kier molecular flexibility index (Phi) is 12.0. The van der Waals surface area contributed by atoms with Crippen LogP contribution in [0.1, 0.15) is 77.1 Å². The van der Waals surface area contributed by atoms with E-state index in [2.05, 4.69) is 30.6 Å². The van der Waals surface area contributed by atoms with E-state index in [1.807, 2.05) is 58.0 Å². The van der Waals surface area contributed by atoms with Gasteiger partial charge in [0.2, 0.25) is 17.2 Å². The molecule has 2 fully saturated rings. The number of hydrogen-bond donors (Lipinski definition) is 5. The van der Waals surface area contributed by atoms with Gasteiger partial charge in [-0.15, -0.1) is 0 Å². The van der Waals surface area contributed by atoms with Gasteiger partial charge in [0.25, 0.3) is 0 Å². The van der Waals surface area contributed by atoms with Gasteiger partial charge in [-0.05, 0) is 61.3 Å². The van der Waals surface area contributed by atoms with Crippen LogP contribution in [-0.4, -0.2) is 93.1 Å². The van der Waals surface area contributed by atoms with Crippen molar-refractivity contribution in [3.8, 4) is 33.8 Å². The van der Waals surface area contributed by atoms with Gasteiger partial charge < -0.3 is 50.0 Å². The van der Waals surface area contributed by atoms with E-state index in [4.69, 9.17) is 19.6 Å². The topological polar surface area (TPSA) is 231 Å². The number of benzene rings is 2. The van der Waals surface area contributed by atoms with Gasteiger partial charge in [-0.3, -0.25) is 14.4 Å². The van der Waals surface area contributed by atoms with Crippen LogP contribution in [0, 0.1) is 11.8 Å². The lowest BCUT2D eigenvalue weighted by Gasteiger charge is -2.30. The number of carbonyl (C=O) groups is 4. The van der Waals surface area contributed by atoms with Crippen LogP contribution in [0.15, 0.2) is 64.1 Å². The summed E-state index contributed by atoms with van der Waals surface area (Å²) in [6, 6.07) is 10.6. The SMILES string of the molecule is COC(=O)NC(C(=O)N1CCCC1c1ncc(-c2ccc(-c3oc4ccc(-c5cnc(C6CCCN6C(=O)C(NC(=O)OC)C(C)C)[nH]5)cc4c(=O)c3N)cc2)[nH]1)C(C)C. The normalized spacial score (nSPS) is 17.6. The minimum atomic E-state index is -0.748. The van der Waals surface area contributed by atoms with Crippen LogP contribution in [0.2, 0.25) is 0 Å². The number of nitrogen functional groups attached to an aromatic ring is 1. The zero-order valence-corrected chi connectivity index (χ0v) is 34.5. The van der Waals surface area contributed by atoms with E-state index in [0.717, 1.165) is 30.5 Å². The number of ether oxygens (including phenoxy) is 2. The van der Waals surface area contributed by atoms with Crippen LogP contribution in [0.3, 0.4) is 0 Å². The second-order valence-corrected chi connectivity index (χ2v) is 15.9. The first-order valence-electron chi connectivity index (χ1n) is 20.2. The maximum atomic E-state index is 13.7. The van der Waals surface area contributed by atoms with Crippen molar-refractivity contribution in [1.29, 1.82) is 0 Å². The summed E-state index contributed by atoms with van der Waals surface area (Å²) in [7, 11) is 2.53. The average molecular weight is 822 g/mol. The number of nitrogens with one attached hydrogen (secondary N) is 4. The van der Waals surface area contributed by atoms with Crippen LogP contribution in [0.5, 0.6) is 0 Å². The largest absolute Gasteiger partial charge is 0.454 e. The number of aromatic amines is 2. The molecule has 17 nitrogen and oxygen atoms in total. The molecule has 0 bridgehead atoms. The highest BCUT2D eigenvalue weighted by molar-refractivity contribution is 5.89. The van der Waals surface area contributed by atoms with Crippen molar-refractivity contribution < 1.29 is 33.1 Å². The Morgan fingerprint density at radius 2 is 1.22 bits per heavy atom. The van der Waals surface area contributed by atoms with Crippen molar-refractivity contribution in [1.82, 2.24) is 40.4 Å². The molecule has 5 aromatic rings. The Balaban J connectivity index is 1.07. The molecule has 5 heterocycles. The number of methoxy groups -OCH3 is 2. The summed E-state index contributed by atoms with van der Waals surface area (Å²) in [6.07, 6.45) is 5.08. The standard InChI is InChI=1S/C43H51N9O8/c1-22(2)34(49-42(56)58-5)40(54)51-17-7-9-30(51)38-45-20-28(47-38)24-11-13-25(14-12-24)37-33(44)36(53)27-19-26(15-16-32(27)60-37)29-21-46-39(48-29)31-10-8-18-52(31)41(55)35(23(3)4)50-43(57)59-6/h11-16,19-23,30-31,34-35H,7-10,17-18,44H2,1-6H3,(H,45,47)(H,46,48)(H,49,56)(H,50,57). The van der Waals surface area contributed by atoms with Gasteiger partial charge in [-0.2, -0.15) is 0 Å². The molecule has 60 heavy (non-hydrogen) atoms. The third kappa shape index (κ3) is 8.15. The number of carbonyl (C=O) groups excluding carboxylic acids is 4. The molecule has 0 spiro atoms. The van der Waals surface area contributed by atoms with Crippen LogP contribution in [0.25, 0.3) is 44.8 Å². The van der Waals surface area contributed by atoms with Gasteiger partial charge >= 0.3 is 12.2 Å². The molecule has 2 saturated heterocycles. The van der Waals surface area contributed by atoms with Gasteiger partial charge in [0.15, 0.2) is 5.76 Å². The molecule has 0 radical (unpaired) electrons. The summed E-state index contributed by atoms with van der Waals surface area (Å²) in [4.78, 5) is 84.3. The van der Waals surface area contributed by atoms with Crippen molar-refractivity contribution in [3.05, 3.63) is 76.7 Å². The van der Waals surface area contributed by atoms with E-state index in [9.17, 15) is 24.0 Å². The Morgan fingerprint density at radius 3 is 1.70 bits per heavy atom. The first-order chi connectivity index (χ1) is 28.8. The van der Waals surface area contributed by atoms with Gasteiger partial charge in [0.05, 0.1) is 55.5 Å². The lowest BCUT2D eigenvalue weighted by Crippen LogP contribution is -2.51. The minimum absolute atomic E-state index is 0.0331. The molecular weight excluding hydrogens is 771 g/mol. The summed E-state index contributed by atoms with van der Waals surface area (Å²) < 4.78 is 15.7. The first kappa shape index (κ1) is 41.5. The number of H-pyrrole nitrogens is 2. The molecule has 3 aromatic heterocycles. The molecule has 6 N–H and O–H groups in total. The minimum Gasteiger partial charge on any atom is -0.454 e. The van der Waals surface area contributed by atoms with E-state index in [-0.39, 0.29) is 52.6 Å². The lowest BCUT2D eigenvalue weighted by molar-refractivity contribution is -0.136. The molecule has 4 unspecified atom stereocenters. The third-order valence-corrected chi connectivity index (χ3v) is 11.4. The fourth-order valence-electron chi connectivity index (χ4n) is 8.08. The predicted molar refractivity (Wildman–Crippen MR) is 223 cm³/mol. The van der Waals surface area contributed by atoms with Gasteiger partial charge in [0, 0.05) is 24.2 Å². The van der Waals surface area contributed by atoms with Crippen molar-refractivity contribution in [2.45, 2.75) is 77.5 Å². The number of alkyl carbamates (subject to hydrolysis) is 2. The highest BCUT2D eigenvalue weighted by atomic mass is 16.5. The van der Waals surface area contributed by atoms with E-state index < -0.39 is 24.3 Å². The average Bonchev–Trinajstić information content (AvgIpc) is 4.09. The number of anilines is 1. The molecule has 2 aliphatic heterocycles. The van der Waals surface area contributed by atoms with Crippen LogP contribution in [-0.2, 0) is 19.1 Å². The second-order valence-electron chi connectivity index (χ2n) is 15.9. The quantitative estimate of drug-likeness (QED) is 0.105. The van der Waals surface area contributed by atoms with E-state index in [1.54, 1.807) is 34.3 Å². The molecular formula is C43H51N9O8. The second kappa shape index (κ2) is 17.3. The Bertz CT molecular complexity index is 2450. The highest BCUT2D eigenvalue weighted by Gasteiger charge is 2.39. The smallest absolute Gasteiger partial charge is 0.407 e. The Labute approximate surface area is 346 Å². The molecule has 4 atom stereocenters. The molecule has 2 aliphatic rings. The van der Waals surface area contributed by atoms with Crippen LogP contribution < -0.4 is 21.8 Å². The number of rotatable bonds is 11. The molecule has 0 aliphatic carbocycles. The number of nitrogens with two attached hydrogens (primary N) is 1. The number of hydrogen-bond acceptors (Lipinski definition) is 11. The summed E-state index contributed by atoms with van der Waals surface area (Å²) in [5.41, 5.74) is 9.92. The molecule has 4 amide bonds. The van der Waals surface area contributed by atoms with Crippen molar-refractivity contribution in [3.63, 3.8) is 0 Å². The number of likely N-dealkylation sites (tertiary alicyclic amines) is 2. The number of imidazole rings is 2. The zero-order valence-electron chi connectivity index (χ0n) is 34.5. The Hall–Kier alpha value is -6.65. The first-order valence-corrected chi connectivity index (χ1v) is 20.2. The van der Waals surface area contributed by atoms with Gasteiger partial charge in [0.1, 0.15) is 35.0 Å². The number of aromatic nitrogens is 4. The van der Waals surface area contributed by atoms with Gasteiger partial charge in [-0.25, -0.2) is 19.6 Å². The van der Waals surface area contributed by atoms with E-state index in [0.29, 0.717) is 58.9 Å². The fraction of sp³-hybridized carbons (Fsp3) is 0.419. The lowest BCUT2D eigenvalue weighted by atomic mass is 10.0. The predicted octanol–water partition coefficient (Wildman–Crippen LogP) is 5.91.